The van der Waals surface area contributed by atoms with Crippen LogP contribution in [0.1, 0.15) is 33.4 Å². The number of hydrogen-bond donors (Lipinski definition) is 3. The molecular weight excluding hydrogens is 344 g/mol. The van der Waals surface area contributed by atoms with E-state index in [1.54, 1.807) is 13.8 Å². The number of rotatable bonds is 5. The second-order valence-electron chi connectivity index (χ2n) is 6.43. The summed E-state index contributed by atoms with van der Waals surface area (Å²) in [6.45, 7) is 5.35. The molecule has 3 N–H and O–H groups in total. The van der Waals surface area contributed by atoms with Gasteiger partial charge in [-0.2, -0.15) is 9.67 Å². The number of amides is 1. The fraction of sp³-hybridized carbons (Fsp3) is 0.667. The van der Waals surface area contributed by atoms with Gasteiger partial charge in [0.25, 0.3) is 5.56 Å². The molecule has 0 bridgehead atoms. The van der Waals surface area contributed by atoms with E-state index in [0.29, 0.717) is 6.42 Å². The van der Waals surface area contributed by atoms with Crippen molar-refractivity contribution in [1.29, 1.82) is 0 Å². The van der Waals surface area contributed by atoms with Gasteiger partial charge in [0, 0.05) is 13.0 Å². The molecule has 1 saturated heterocycles. The Morgan fingerprint density at radius 3 is 2.81 bits per heavy atom. The van der Waals surface area contributed by atoms with Gasteiger partial charge in [-0.05, 0) is 6.42 Å². The highest BCUT2D eigenvalue weighted by Crippen LogP contribution is 2.33. The van der Waals surface area contributed by atoms with Crippen molar-refractivity contribution >= 4 is 23.0 Å². The largest absolute Gasteiger partial charge is 0.385 e. The van der Waals surface area contributed by atoms with Crippen LogP contribution in [0.5, 0.6) is 0 Å². The Labute approximate surface area is 148 Å². The van der Waals surface area contributed by atoms with Crippen LogP contribution < -0.4 is 10.9 Å². The van der Waals surface area contributed by atoms with Gasteiger partial charge in [-0.15, -0.1) is 5.10 Å². The summed E-state index contributed by atoms with van der Waals surface area (Å²) in [6, 6.07) is 0. The van der Waals surface area contributed by atoms with Gasteiger partial charge in [0.15, 0.2) is 17.4 Å². The van der Waals surface area contributed by atoms with Crippen molar-refractivity contribution in [2.75, 3.05) is 12.4 Å². The fourth-order valence-electron chi connectivity index (χ4n) is 2.87. The number of methoxy groups -OCH3 is 1. The Hall–Kier alpha value is -2.37. The van der Waals surface area contributed by atoms with Crippen molar-refractivity contribution in [2.45, 2.75) is 51.7 Å². The normalized spacial score (nSPS) is 25.9. The summed E-state index contributed by atoms with van der Waals surface area (Å²) in [5.41, 5.74) is -0.469. The number of ether oxygens (including phenoxy) is 2. The van der Waals surface area contributed by atoms with Crippen LogP contribution in [-0.4, -0.2) is 61.4 Å². The molecule has 2 aromatic rings. The first-order chi connectivity index (χ1) is 12.4. The summed E-state index contributed by atoms with van der Waals surface area (Å²) < 4.78 is 12.4. The minimum absolute atomic E-state index is 0.0164. The lowest BCUT2D eigenvalue weighted by molar-refractivity contribution is -0.118. The lowest BCUT2D eigenvalue weighted by Crippen LogP contribution is -2.33. The maximum Gasteiger partial charge on any atom is 0.282 e. The number of H-pyrrole nitrogens is 1. The first-order valence-electron chi connectivity index (χ1n) is 8.39. The van der Waals surface area contributed by atoms with Gasteiger partial charge in [-0.3, -0.25) is 19.9 Å². The summed E-state index contributed by atoms with van der Waals surface area (Å²) in [4.78, 5) is 30.7. The molecule has 0 radical (unpaired) electrons. The number of aliphatic hydroxyl groups is 1. The molecular formula is C15H22N6O5. The van der Waals surface area contributed by atoms with Gasteiger partial charge < -0.3 is 14.6 Å². The van der Waals surface area contributed by atoms with Crippen LogP contribution in [0.15, 0.2) is 4.79 Å². The Balaban J connectivity index is 2.01. The molecule has 3 heterocycles. The van der Waals surface area contributed by atoms with Gasteiger partial charge in [0.1, 0.15) is 12.2 Å². The maximum absolute atomic E-state index is 12.2. The minimum Gasteiger partial charge on any atom is -0.385 e. The molecule has 26 heavy (non-hydrogen) atoms. The first-order valence-corrected chi connectivity index (χ1v) is 8.39. The molecule has 0 spiro atoms. The lowest BCUT2D eigenvalue weighted by atomic mass is 10.1. The van der Waals surface area contributed by atoms with Crippen molar-refractivity contribution < 1.29 is 19.4 Å². The molecule has 0 saturated carbocycles. The highest BCUT2D eigenvalue weighted by molar-refractivity contribution is 5.90. The molecule has 11 heteroatoms. The number of carbonyl (C=O) groups excluding carboxylic acids is 1. The smallest absolute Gasteiger partial charge is 0.282 e. The Bertz CT molecular complexity index is 862. The number of carbonyl (C=O) groups is 1. The maximum atomic E-state index is 12.2. The van der Waals surface area contributed by atoms with E-state index in [1.807, 2.05) is 6.92 Å². The number of nitrogens with zero attached hydrogens (tertiary/aromatic N) is 4. The van der Waals surface area contributed by atoms with E-state index in [0.717, 1.165) is 0 Å². The summed E-state index contributed by atoms with van der Waals surface area (Å²) in [5.74, 6) is -0.603. The van der Waals surface area contributed by atoms with Gasteiger partial charge >= 0.3 is 0 Å². The summed E-state index contributed by atoms with van der Waals surface area (Å²) in [7, 11) is 1.49. The fourth-order valence-corrected chi connectivity index (χ4v) is 2.87. The average molecular weight is 366 g/mol. The second kappa shape index (κ2) is 7.09. The van der Waals surface area contributed by atoms with Crippen LogP contribution in [0.25, 0.3) is 11.2 Å². The summed E-state index contributed by atoms with van der Waals surface area (Å²) in [5, 5.41) is 20.8. The quantitative estimate of drug-likeness (QED) is 0.659. The zero-order valence-corrected chi connectivity index (χ0v) is 15.0. The second-order valence-corrected chi connectivity index (χ2v) is 6.43. The van der Waals surface area contributed by atoms with Crippen LogP contribution in [-0.2, 0) is 14.3 Å². The van der Waals surface area contributed by atoms with Crippen molar-refractivity contribution in [2.24, 2.45) is 5.92 Å². The third-order valence-electron chi connectivity index (χ3n) is 4.33. The van der Waals surface area contributed by atoms with Gasteiger partial charge in [-0.1, -0.05) is 26.0 Å². The molecule has 11 nitrogen and oxygen atoms in total. The van der Waals surface area contributed by atoms with Crippen molar-refractivity contribution in [3.05, 3.63) is 10.4 Å². The molecule has 3 rings (SSSR count). The minimum atomic E-state index is -1.01. The van der Waals surface area contributed by atoms with Crippen molar-refractivity contribution in [1.82, 2.24) is 25.0 Å². The molecule has 1 amide bonds. The summed E-state index contributed by atoms with van der Waals surface area (Å²) in [6.07, 6.45) is -2.15. The number of nitrogens with one attached hydrogen (secondary N) is 2. The van der Waals surface area contributed by atoms with Crippen molar-refractivity contribution in [3.8, 4) is 0 Å². The van der Waals surface area contributed by atoms with E-state index in [2.05, 4.69) is 25.6 Å². The van der Waals surface area contributed by atoms with Gasteiger partial charge in [0.2, 0.25) is 11.9 Å². The standard InChI is InChI=1S/C15H22N6O5/c1-5-7-10(25-4)9(22)14(26-7)21-11-8(19-20-21)13(24)18-15(16-11)17-12(23)6(2)3/h6-7,9-10,14,22H,5H2,1-4H3,(H2,16,17,18,23,24)/t7-,9-,10-,14+/m1/s1. The topological polar surface area (TPSA) is 144 Å². The van der Waals surface area contributed by atoms with Crippen LogP contribution >= 0.6 is 0 Å². The SMILES string of the molecule is CC[C@H]1O[C@H](n2nnc3c(=O)[nH]c(NC(=O)C(C)C)nc32)[C@H](O)[C@@H]1OC. The monoisotopic (exact) mass is 366 g/mol. The van der Waals surface area contributed by atoms with E-state index in [4.69, 9.17) is 9.47 Å². The zero-order valence-electron chi connectivity index (χ0n) is 15.0. The van der Waals surface area contributed by atoms with E-state index < -0.39 is 24.0 Å². The molecule has 142 valence electrons. The number of fused-ring (bicyclic) bond motifs is 1. The molecule has 1 fully saturated rings. The van der Waals surface area contributed by atoms with E-state index >= 15 is 0 Å². The molecule has 2 aromatic heterocycles. The van der Waals surface area contributed by atoms with Crippen LogP contribution in [0, 0.1) is 5.92 Å². The molecule has 0 aromatic carbocycles. The van der Waals surface area contributed by atoms with Crippen LogP contribution in [0.2, 0.25) is 0 Å². The van der Waals surface area contributed by atoms with Gasteiger partial charge in [-0.25, -0.2) is 0 Å². The van der Waals surface area contributed by atoms with Crippen LogP contribution in [0.3, 0.4) is 0 Å². The van der Waals surface area contributed by atoms with Gasteiger partial charge in [0.05, 0.1) is 6.10 Å². The number of aliphatic hydroxyl groups excluding tert-OH is 1. The number of aromatic nitrogens is 5. The highest BCUT2D eigenvalue weighted by atomic mass is 16.6. The molecule has 0 aliphatic carbocycles. The number of anilines is 1. The predicted molar refractivity (Wildman–Crippen MR) is 90.4 cm³/mol. The first kappa shape index (κ1) is 18.4. The van der Waals surface area contributed by atoms with E-state index in [9.17, 15) is 14.7 Å². The highest BCUT2D eigenvalue weighted by Gasteiger charge is 2.45. The van der Waals surface area contributed by atoms with Crippen molar-refractivity contribution in [3.63, 3.8) is 0 Å². The number of hydrogen-bond acceptors (Lipinski definition) is 8. The lowest BCUT2D eigenvalue weighted by Gasteiger charge is -2.17. The summed E-state index contributed by atoms with van der Waals surface area (Å²) >= 11 is 0. The Kier molecular flexibility index (Phi) is 5.03. The average Bonchev–Trinajstić information content (AvgIpc) is 3.15. The third-order valence-corrected chi connectivity index (χ3v) is 4.33. The Morgan fingerprint density at radius 2 is 2.23 bits per heavy atom. The zero-order chi connectivity index (χ0) is 19.0. The third kappa shape index (κ3) is 3.08. The molecule has 0 unspecified atom stereocenters. The number of aromatic amines is 1. The van der Waals surface area contributed by atoms with E-state index in [-0.39, 0.29) is 35.0 Å². The van der Waals surface area contributed by atoms with E-state index in [1.165, 1.54) is 11.8 Å². The van der Waals surface area contributed by atoms with Crippen LogP contribution in [0.4, 0.5) is 5.95 Å². The molecule has 4 atom stereocenters. The predicted octanol–water partition coefficient (Wildman–Crippen LogP) is -0.208. The Morgan fingerprint density at radius 1 is 1.50 bits per heavy atom. The molecule has 1 aliphatic heterocycles. The molecule has 1 aliphatic rings.